The fourth-order valence-electron chi connectivity index (χ4n) is 2.46. The molecule has 0 fully saturated rings. The van der Waals surface area contributed by atoms with Gasteiger partial charge in [0.25, 0.3) is 0 Å². The summed E-state index contributed by atoms with van der Waals surface area (Å²) < 4.78 is 20.7. The van der Waals surface area contributed by atoms with Gasteiger partial charge >= 0.3 is 5.97 Å². The van der Waals surface area contributed by atoms with E-state index in [9.17, 15) is 4.79 Å². The third-order valence-electron chi connectivity index (χ3n) is 3.78. The number of anilines is 2. The third kappa shape index (κ3) is 4.79. The maximum Gasteiger partial charge on any atom is 0.340 e. The van der Waals surface area contributed by atoms with E-state index in [0.717, 1.165) is 5.56 Å². The van der Waals surface area contributed by atoms with Crippen LogP contribution in [-0.2, 0) is 4.74 Å². The molecule has 8 heteroatoms. The van der Waals surface area contributed by atoms with Crippen molar-refractivity contribution in [2.75, 3.05) is 39.1 Å². The second-order valence-corrected chi connectivity index (χ2v) is 5.94. The highest BCUT2D eigenvalue weighted by molar-refractivity contribution is 7.80. The Hall–Kier alpha value is -3.00. The van der Waals surface area contributed by atoms with E-state index >= 15 is 0 Å². The minimum absolute atomic E-state index is 0.260. The van der Waals surface area contributed by atoms with Crippen molar-refractivity contribution in [1.82, 2.24) is 0 Å². The first-order chi connectivity index (χ1) is 12.9. The van der Waals surface area contributed by atoms with Gasteiger partial charge in [-0.3, -0.25) is 0 Å². The lowest BCUT2D eigenvalue weighted by Gasteiger charge is -2.17. The van der Waals surface area contributed by atoms with Gasteiger partial charge in [0.1, 0.15) is 5.75 Å². The first-order valence-corrected chi connectivity index (χ1v) is 8.41. The lowest BCUT2D eigenvalue weighted by atomic mass is 10.1. The van der Waals surface area contributed by atoms with Gasteiger partial charge in [-0.15, -0.1) is 0 Å². The number of ether oxygens (including phenoxy) is 4. The molecule has 0 amide bonds. The predicted molar refractivity (Wildman–Crippen MR) is 108 cm³/mol. The first-order valence-electron chi connectivity index (χ1n) is 8.00. The Labute approximate surface area is 163 Å². The Bertz CT molecular complexity index is 854. The topological polar surface area (TPSA) is 78.1 Å². The number of hydrogen-bond donors (Lipinski definition) is 2. The molecule has 144 valence electrons. The zero-order valence-corrected chi connectivity index (χ0v) is 16.7. The molecule has 0 spiro atoms. The molecule has 2 N–H and O–H groups in total. The number of aryl methyl sites for hydroxylation is 1. The predicted octanol–water partition coefficient (Wildman–Crippen LogP) is 3.62. The summed E-state index contributed by atoms with van der Waals surface area (Å²) in [4.78, 5) is 12.1. The number of rotatable bonds is 6. The van der Waals surface area contributed by atoms with E-state index in [0.29, 0.717) is 28.6 Å². The molecule has 0 aliphatic heterocycles. The molecule has 2 aromatic carbocycles. The van der Waals surface area contributed by atoms with Crippen molar-refractivity contribution in [2.45, 2.75) is 6.92 Å². The van der Waals surface area contributed by atoms with Crippen LogP contribution in [0.5, 0.6) is 17.2 Å². The number of carbonyl (C=O) groups is 1. The van der Waals surface area contributed by atoms with Gasteiger partial charge in [0.15, 0.2) is 16.6 Å². The van der Waals surface area contributed by atoms with Gasteiger partial charge in [-0.2, -0.15) is 0 Å². The Balaban J connectivity index is 2.34. The second-order valence-electron chi connectivity index (χ2n) is 5.53. The maximum atomic E-state index is 12.1. The number of thiocarbonyl (C=S) groups is 1. The number of methoxy groups -OCH3 is 4. The summed E-state index contributed by atoms with van der Waals surface area (Å²) in [6, 6.07) is 8.83. The second kappa shape index (κ2) is 9.09. The maximum absolute atomic E-state index is 12.1. The zero-order chi connectivity index (χ0) is 20.0. The molecule has 0 aliphatic carbocycles. The van der Waals surface area contributed by atoms with Crippen molar-refractivity contribution in [3.05, 3.63) is 41.5 Å². The molecule has 27 heavy (non-hydrogen) atoms. The molecule has 0 radical (unpaired) electrons. The van der Waals surface area contributed by atoms with Gasteiger partial charge in [-0.05, 0) is 36.8 Å². The molecule has 2 aromatic rings. The van der Waals surface area contributed by atoms with Crippen LogP contribution in [0.4, 0.5) is 11.4 Å². The normalized spacial score (nSPS) is 9.96. The van der Waals surface area contributed by atoms with Crippen molar-refractivity contribution in [1.29, 1.82) is 0 Å². The summed E-state index contributed by atoms with van der Waals surface area (Å²) in [5.74, 6) is 0.964. The van der Waals surface area contributed by atoms with Crippen LogP contribution in [0.2, 0.25) is 0 Å². The molecule has 0 aromatic heterocycles. The average Bonchev–Trinajstić information content (AvgIpc) is 2.67. The van der Waals surface area contributed by atoms with E-state index in [-0.39, 0.29) is 10.7 Å². The molecule has 2 rings (SSSR count). The van der Waals surface area contributed by atoms with Gasteiger partial charge in [0.05, 0.1) is 45.4 Å². The molecule has 7 nitrogen and oxygen atoms in total. The van der Waals surface area contributed by atoms with Crippen LogP contribution in [-0.4, -0.2) is 39.5 Å². The highest BCUT2D eigenvalue weighted by Gasteiger charge is 2.18. The highest BCUT2D eigenvalue weighted by atomic mass is 32.1. The summed E-state index contributed by atoms with van der Waals surface area (Å²) >= 11 is 5.39. The van der Waals surface area contributed by atoms with Crippen molar-refractivity contribution in [3.63, 3.8) is 0 Å². The lowest BCUT2D eigenvalue weighted by molar-refractivity contribution is 0.0601. The van der Waals surface area contributed by atoms with Crippen molar-refractivity contribution in [2.24, 2.45) is 0 Å². The van der Waals surface area contributed by atoms with Crippen LogP contribution < -0.4 is 24.8 Å². The number of carbonyl (C=O) groups excluding carboxylic acids is 1. The smallest absolute Gasteiger partial charge is 0.340 e. The van der Waals surface area contributed by atoms with Gasteiger partial charge < -0.3 is 29.6 Å². The number of esters is 1. The van der Waals surface area contributed by atoms with Gasteiger partial charge in [-0.1, -0.05) is 6.07 Å². The van der Waals surface area contributed by atoms with Crippen LogP contribution in [0.15, 0.2) is 30.3 Å². The van der Waals surface area contributed by atoms with Gasteiger partial charge in [-0.25, -0.2) is 4.79 Å². The quantitative estimate of drug-likeness (QED) is 0.572. The summed E-state index contributed by atoms with van der Waals surface area (Å²) in [6.45, 7) is 1.96. The fourth-order valence-corrected chi connectivity index (χ4v) is 2.68. The van der Waals surface area contributed by atoms with E-state index in [4.69, 9.17) is 31.2 Å². The van der Waals surface area contributed by atoms with Gasteiger partial charge in [0.2, 0.25) is 0 Å². The van der Waals surface area contributed by atoms with E-state index in [1.54, 1.807) is 13.2 Å². The summed E-state index contributed by atoms with van der Waals surface area (Å²) in [6.07, 6.45) is 0. The van der Waals surface area contributed by atoms with Crippen molar-refractivity contribution < 1.29 is 23.7 Å². The molecule has 0 atom stereocenters. The Morgan fingerprint density at radius 3 is 2.04 bits per heavy atom. The third-order valence-corrected chi connectivity index (χ3v) is 3.98. The molecule has 0 bridgehead atoms. The van der Waals surface area contributed by atoms with E-state index in [1.807, 2.05) is 25.1 Å². The minimum atomic E-state index is -0.533. The summed E-state index contributed by atoms with van der Waals surface area (Å²) in [5.41, 5.74) is 2.43. The highest BCUT2D eigenvalue weighted by Crippen LogP contribution is 2.34. The number of hydrogen-bond acceptors (Lipinski definition) is 6. The van der Waals surface area contributed by atoms with Crippen LogP contribution in [0.25, 0.3) is 0 Å². The van der Waals surface area contributed by atoms with Crippen LogP contribution in [0, 0.1) is 6.92 Å². The van der Waals surface area contributed by atoms with Crippen LogP contribution >= 0.6 is 12.2 Å². The largest absolute Gasteiger partial charge is 0.495 e. The monoisotopic (exact) mass is 390 g/mol. The molecule has 0 unspecified atom stereocenters. The van der Waals surface area contributed by atoms with Crippen LogP contribution in [0.1, 0.15) is 15.9 Å². The molecule has 0 aliphatic rings. The molecular weight excluding hydrogens is 368 g/mol. The Morgan fingerprint density at radius 2 is 1.44 bits per heavy atom. The molecular formula is C19H22N2O5S. The van der Waals surface area contributed by atoms with E-state index < -0.39 is 5.97 Å². The average molecular weight is 390 g/mol. The molecule has 0 saturated carbocycles. The molecule has 0 saturated heterocycles. The Morgan fingerprint density at radius 1 is 0.852 bits per heavy atom. The number of benzene rings is 2. The number of nitrogens with one attached hydrogen (secondary N) is 2. The standard InChI is InChI=1S/C19H22N2O5S/c1-11-6-7-15(23-2)14(8-11)21-19(27)20-13-10-17(25-4)16(24-3)9-12(13)18(22)26-5/h6-10H,1-5H3,(H2,20,21,27). The lowest BCUT2D eigenvalue weighted by Crippen LogP contribution is -2.21. The van der Waals surface area contributed by atoms with E-state index in [1.165, 1.54) is 27.4 Å². The van der Waals surface area contributed by atoms with Crippen molar-refractivity contribution in [3.8, 4) is 17.2 Å². The Kier molecular flexibility index (Phi) is 6.84. The SMILES string of the molecule is COC(=O)c1cc(OC)c(OC)cc1NC(=S)Nc1cc(C)ccc1OC. The van der Waals surface area contributed by atoms with Gasteiger partial charge in [0, 0.05) is 12.1 Å². The van der Waals surface area contributed by atoms with Crippen LogP contribution in [0.3, 0.4) is 0 Å². The summed E-state index contributed by atoms with van der Waals surface area (Å²) in [5, 5.41) is 6.35. The fraction of sp³-hybridized carbons (Fsp3) is 0.263. The minimum Gasteiger partial charge on any atom is -0.495 e. The van der Waals surface area contributed by atoms with Crippen molar-refractivity contribution >= 4 is 34.7 Å². The first kappa shape index (κ1) is 20.3. The molecule has 0 heterocycles. The zero-order valence-electron chi connectivity index (χ0n) is 15.8. The van der Waals surface area contributed by atoms with E-state index in [2.05, 4.69) is 10.6 Å². The summed E-state index contributed by atoms with van der Waals surface area (Å²) in [7, 11) is 5.88.